The van der Waals surface area contributed by atoms with E-state index in [-0.39, 0.29) is 11.8 Å². The first-order chi connectivity index (χ1) is 8.73. The summed E-state index contributed by atoms with van der Waals surface area (Å²) in [5, 5.41) is 0. The SMILES string of the molecule is CC(C)c1cccc2c1nc(C(C)C)n2P(=O)(O)O. The second-order valence-electron chi connectivity index (χ2n) is 5.32. The molecule has 1 heterocycles. The maximum Gasteiger partial charge on any atom is 0.435 e. The standard InChI is InChI=1S/C13H19N2O3P/c1-8(2)10-6-5-7-11-12(10)14-13(9(3)4)15(11)19(16,17)18/h5-9H,1-4H3,(H2,16,17,18). The molecule has 0 radical (unpaired) electrons. The first-order valence-electron chi connectivity index (χ1n) is 6.31. The lowest BCUT2D eigenvalue weighted by Crippen LogP contribution is -2.03. The minimum atomic E-state index is -4.40. The molecular weight excluding hydrogens is 263 g/mol. The number of nitrogens with zero attached hydrogens (tertiary/aromatic N) is 2. The Morgan fingerprint density at radius 3 is 2.26 bits per heavy atom. The van der Waals surface area contributed by atoms with Crippen LogP contribution in [0.4, 0.5) is 0 Å². The maximum atomic E-state index is 11.7. The van der Waals surface area contributed by atoms with Crippen LogP contribution in [0.1, 0.15) is 50.9 Å². The fraction of sp³-hybridized carbons (Fsp3) is 0.462. The van der Waals surface area contributed by atoms with Crippen LogP contribution in [0.2, 0.25) is 0 Å². The summed E-state index contributed by atoms with van der Waals surface area (Å²) in [4.78, 5) is 23.6. The van der Waals surface area contributed by atoms with E-state index in [1.165, 1.54) is 0 Å². The molecule has 5 nitrogen and oxygen atoms in total. The maximum absolute atomic E-state index is 11.7. The van der Waals surface area contributed by atoms with Crippen LogP contribution in [0, 0.1) is 0 Å². The van der Waals surface area contributed by atoms with E-state index in [0.717, 1.165) is 9.90 Å². The van der Waals surface area contributed by atoms with Crippen molar-refractivity contribution in [2.24, 2.45) is 0 Å². The third-order valence-corrected chi connectivity index (χ3v) is 4.06. The van der Waals surface area contributed by atoms with Crippen LogP contribution in [0.25, 0.3) is 11.0 Å². The smallest absolute Gasteiger partial charge is 0.308 e. The largest absolute Gasteiger partial charge is 0.435 e. The summed E-state index contributed by atoms with van der Waals surface area (Å²) in [6.07, 6.45) is 0. The normalized spacial score (nSPS) is 12.8. The summed E-state index contributed by atoms with van der Waals surface area (Å²) in [6, 6.07) is 5.48. The van der Waals surface area contributed by atoms with E-state index in [4.69, 9.17) is 0 Å². The Morgan fingerprint density at radius 1 is 1.16 bits per heavy atom. The Hall–Kier alpha value is -1.16. The number of hydrogen-bond acceptors (Lipinski definition) is 2. The van der Waals surface area contributed by atoms with Gasteiger partial charge < -0.3 is 9.79 Å². The highest BCUT2D eigenvalue weighted by Crippen LogP contribution is 2.44. The molecule has 0 aliphatic carbocycles. The van der Waals surface area contributed by atoms with Crippen molar-refractivity contribution in [1.82, 2.24) is 9.32 Å². The number of benzene rings is 1. The molecule has 104 valence electrons. The molecule has 6 heteroatoms. The first kappa shape index (κ1) is 14.3. The number of imidazole rings is 1. The zero-order valence-electron chi connectivity index (χ0n) is 11.5. The van der Waals surface area contributed by atoms with E-state index in [0.29, 0.717) is 16.9 Å². The van der Waals surface area contributed by atoms with Gasteiger partial charge in [-0.05, 0) is 17.5 Å². The average molecular weight is 282 g/mol. The van der Waals surface area contributed by atoms with Gasteiger partial charge in [-0.25, -0.2) is 13.9 Å². The molecule has 0 fully saturated rings. The Kier molecular flexibility index (Phi) is 3.56. The van der Waals surface area contributed by atoms with Gasteiger partial charge in [0.2, 0.25) is 0 Å². The highest BCUT2D eigenvalue weighted by molar-refractivity contribution is 7.50. The van der Waals surface area contributed by atoms with Gasteiger partial charge in [-0.1, -0.05) is 39.8 Å². The summed E-state index contributed by atoms with van der Waals surface area (Å²) < 4.78 is 12.8. The van der Waals surface area contributed by atoms with Crippen LogP contribution in [-0.2, 0) is 4.57 Å². The Morgan fingerprint density at radius 2 is 1.79 bits per heavy atom. The van der Waals surface area contributed by atoms with Gasteiger partial charge in [-0.15, -0.1) is 0 Å². The van der Waals surface area contributed by atoms with Crippen molar-refractivity contribution in [3.63, 3.8) is 0 Å². The average Bonchev–Trinajstić information content (AvgIpc) is 2.66. The fourth-order valence-electron chi connectivity index (χ4n) is 2.24. The van der Waals surface area contributed by atoms with E-state index < -0.39 is 7.75 Å². The van der Waals surface area contributed by atoms with Crippen LogP contribution in [0.15, 0.2) is 18.2 Å². The van der Waals surface area contributed by atoms with E-state index in [9.17, 15) is 14.4 Å². The van der Waals surface area contributed by atoms with Crippen LogP contribution < -0.4 is 0 Å². The van der Waals surface area contributed by atoms with Crippen molar-refractivity contribution in [2.45, 2.75) is 39.5 Å². The number of hydrogen-bond donors (Lipinski definition) is 2. The van der Waals surface area contributed by atoms with Gasteiger partial charge in [-0.3, -0.25) is 0 Å². The summed E-state index contributed by atoms with van der Waals surface area (Å²) >= 11 is 0. The highest BCUT2D eigenvalue weighted by Gasteiger charge is 2.27. The van der Waals surface area contributed by atoms with Crippen LogP contribution >= 0.6 is 7.75 Å². The molecule has 0 spiro atoms. The molecule has 1 aromatic heterocycles. The predicted molar refractivity (Wildman–Crippen MR) is 75.4 cm³/mol. The van der Waals surface area contributed by atoms with Crippen LogP contribution in [0.5, 0.6) is 0 Å². The molecule has 0 saturated heterocycles. The summed E-state index contributed by atoms with van der Waals surface area (Å²) in [6.45, 7) is 7.84. The van der Waals surface area contributed by atoms with Crippen molar-refractivity contribution < 1.29 is 14.4 Å². The summed E-state index contributed by atoms with van der Waals surface area (Å²) in [7, 11) is -4.40. The van der Waals surface area contributed by atoms with E-state index in [2.05, 4.69) is 4.98 Å². The second-order valence-corrected chi connectivity index (χ2v) is 6.75. The predicted octanol–water partition coefficient (Wildman–Crippen LogP) is 3.22. The lowest BCUT2D eigenvalue weighted by atomic mass is 10.0. The molecular formula is C13H19N2O3P. The number of rotatable bonds is 3. The fourth-order valence-corrected chi connectivity index (χ4v) is 3.22. The van der Waals surface area contributed by atoms with Gasteiger partial charge in [0.1, 0.15) is 5.82 Å². The molecule has 0 saturated carbocycles. The molecule has 0 atom stereocenters. The van der Waals surface area contributed by atoms with Crippen molar-refractivity contribution in [2.75, 3.05) is 0 Å². The molecule has 0 unspecified atom stereocenters. The molecule has 2 N–H and O–H groups in total. The minimum Gasteiger partial charge on any atom is -0.308 e. The lowest BCUT2D eigenvalue weighted by Gasteiger charge is -2.12. The number of aromatic nitrogens is 2. The van der Waals surface area contributed by atoms with E-state index in [1.807, 2.05) is 39.8 Å². The monoisotopic (exact) mass is 282 g/mol. The molecule has 0 amide bonds. The summed E-state index contributed by atoms with van der Waals surface area (Å²) in [5.74, 6) is 0.625. The Bertz CT molecular complexity index is 655. The lowest BCUT2D eigenvalue weighted by molar-refractivity contribution is 0.360. The number of para-hydroxylation sites is 1. The number of fused-ring (bicyclic) bond motifs is 1. The zero-order valence-corrected chi connectivity index (χ0v) is 12.4. The Labute approximate surface area is 112 Å². The highest BCUT2D eigenvalue weighted by atomic mass is 31.2. The minimum absolute atomic E-state index is 0.0555. The second kappa shape index (κ2) is 4.75. The van der Waals surface area contributed by atoms with Gasteiger partial charge in [0.25, 0.3) is 0 Å². The summed E-state index contributed by atoms with van der Waals surface area (Å²) in [5.41, 5.74) is 2.19. The van der Waals surface area contributed by atoms with Gasteiger partial charge in [-0.2, -0.15) is 0 Å². The van der Waals surface area contributed by atoms with Crippen LogP contribution in [-0.4, -0.2) is 19.1 Å². The third-order valence-electron chi connectivity index (χ3n) is 3.12. The quantitative estimate of drug-likeness (QED) is 0.847. The molecule has 2 aromatic rings. The Balaban J connectivity index is 2.89. The molecule has 2 rings (SSSR count). The van der Waals surface area contributed by atoms with Crippen molar-refractivity contribution in [3.8, 4) is 0 Å². The van der Waals surface area contributed by atoms with Crippen molar-refractivity contribution in [1.29, 1.82) is 0 Å². The van der Waals surface area contributed by atoms with Gasteiger partial charge >= 0.3 is 7.75 Å². The van der Waals surface area contributed by atoms with Gasteiger partial charge in [0.05, 0.1) is 11.0 Å². The zero-order chi connectivity index (χ0) is 14.4. The van der Waals surface area contributed by atoms with Crippen LogP contribution in [0.3, 0.4) is 0 Å². The molecule has 1 aromatic carbocycles. The van der Waals surface area contributed by atoms with Crippen molar-refractivity contribution >= 4 is 18.8 Å². The van der Waals surface area contributed by atoms with E-state index in [1.54, 1.807) is 6.07 Å². The topological polar surface area (TPSA) is 75.4 Å². The molecule has 0 aliphatic heterocycles. The molecule has 19 heavy (non-hydrogen) atoms. The van der Waals surface area contributed by atoms with Gasteiger partial charge in [0.15, 0.2) is 0 Å². The molecule has 0 bridgehead atoms. The van der Waals surface area contributed by atoms with Gasteiger partial charge in [0, 0.05) is 5.92 Å². The van der Waals surface area contributed by atoms with E-state index >= 15 is 0 Å². The first-order valence-corrected chi connectivity index (χ1v) is 7.87. The molecule has 0 aliphatic rings. The van der Waals surface area contributed by atoms with Crippen molar-refractivity contribution in [3.05, 3.63) is 29.6 Å². The third kappa shape index (κ3) is 2.46.